The Labute approximate surface area is 153 Å². The fraction of sp³-hybridized carbons (Fsp3) is 0.222. The molecule has 0 saturated carbocycles. The van der Waals surface area contributed by atoms with Gasteiger partial charge < -0.3 is 9.15 Å². The lowest BCUT2D eigenvalue weighted by Gasteiger charge is -2.33. The number of halogens is 1. The smallest absolute Gasteiger partial charge is 0.278 e. The summed E-state index contributed by atoms with van der Waals surface area (Å²) in [6, 6.07) is 9.01. The third-order valence-electron chi connectivity index (χ3n) is 3.90. The van der Waals surface area contributed by atoms with Gasteiger partial charge in [0.1, 0.15) is 23.3 Å². The molecule has 0 spiro atoms. The first-order valence-corrected chi connectivity index (χ1v) is 9.07. The minimum atomic E-state index is -0.176. The first-order valence-electron chi connectivity index (χ1n) is 7.81. The van der Waals surface area contributed by atoms with Crippen LogP contribution in [0, 0.1) is 6.92 Å². The molecule has 0 N–H and O–H groups in total. The van der Waals surface area contributed by atoms with Crippen LogP contribution in [0.5, 0.6) is 5.75 Å². The number of hydrogen-bond acceptors (Lipinski definition) is 5. The zero-order valence-electron chi connectivity index (χ0n) is 13.7. The summed E-state index contributed by atoms with van der Waals surface area (Å²) < 4.78 is 11.4. The Hall–Kier alpha value is -2.31. The molecule has 5 nitrogen and oxygen atoms in total. The molecule has 0 aliphatic carbocycles. The Bertz CT molecular complexity index is 949. The Morgan fingerprint density at radius 3 is 2.96 bits per heavy atom. The molecule has 1 aromatic carbocycles. The molecule has 0 saturated heterocycles. The van der Waals surface area contributed by atoms with Crippen LogP contribution in [0.4, 0.5) is 5.69 Å². The second kappa shape index (κ2) is 6.20. The second-order valence-electron chi connectivity index (χ2n) is 5.90. The van der Waals surface area contributed by atoms with E-state index in [2.05, 4.69) is 4.98 Å². The van der Waals surface area contributed by atoms with E-state index < -0.39 is 0 Å². The summed E-state index contributed by atoms with van der Waals surface area (Å²) in [5.41, 5.74) is 1.05. The summed E-state index contributed by atoms with van der Waals surface area (Å²) in [4.78, 5) is 19.1. The van der Waals surface area contributed by atoms with Gasteiger partial charge in [0.2, 0.25) is 0 Å². The standard InChI is InChI=1S/C18H15ClN2O3S/c1-10-3-5-16(23-10)17-20-13(9-25-17)18(22)21-8-11(2)24-15-6-4-12(19)7-14(15)21/h3-7,9,11H,8H2,1-2H3. The Balaban J connectivity index is 1.68. The van der Waals surface area contributed by atoms with Crippen molar-refractivity contribution in [3.05, 3.63) is 52.2 Å². The summed E-state index contributed by atoms with van der Waals surface area (Å²) in [5.74, 6) is 1.95. The Morgan fingerprint density at radius 2 is 2.20 bits per heavy atom. The minimum absolute atomic E-state index is 0.108. The topological polar surface area (TPSA) is 55.6 Å². The van der Waals surface area contributed by atoms with Crippen molar-refractivity contribution >= 4 is 34.5 Å². The fourth-order valence-electron chi connectivity index (χ4n) is 2.78. The van der Waals surface area contributed by atoms with Crippen molar-refractivity contribution in [3.8, 4) is 16.5 Å². The highest BCUT2D eigenvalue weighted by Crippen LogP contribution is 2.37. The van der Waals surface area contributed by atoms with Crippen molar-refractivity contribution in [2.75, 3.05) is 11.4 Å². The monoisotopic (exact) mass is 374 g/mol. The molecule has 7 heteroatoms. The Kier molecular flexibility index (Phi) is 4.01. The van der Waals surface area contributed by atoms with E-state index in [9.17, 15) is 4.79 Å². The number of carbonyl (C=O) groups excluding carboxylic acids is 1. The highest BCUT2D eigenvalue weighted by molar-refractivity contribution is 7.13. The first kappa shape index (κ1) is 16.2. The van der Waals surface area contributed by atoms with E-state index in [1.165, 1.54) is 11.3 Å². The van der Waals surface area contributed by atoms with E-state index in [0.717, 1.165) is 5.76 Å². The Morgan fingerprint density at radius 1 is 1.36 bits per heavy atom. The molecule has 1 unspecified atom stereocenters. The van der Waals surface area contributed by atoms with Gasteiger partial charge in [0.15, 0.2) is 10.8 Å². The molecule has 25 heavy (non-hydrogen) atoms. The molecule has 1 amide bonds. The number of furan rings is 1. The van der Waals surface area contributed by atoms with Crippen molar-refractivity contribution in [3.63, 3.8) is 0 Å². The number of thiazole rings is 1. The van der Waals surface area contributed by atoms with Crippen molar-refractivity contribution in [2.24, 2.45) is 0 Å². The van der Waals surface area contributed by atoms with Gasteiger partial charge in [-0.05, 0) is 44.2 Å². The van der Waals surface area contributed by atoms with Crippen LogP contribution in [0.2, 0.25) is 5.02 Å². The maximum absolute atomic E-state index is 13.0. The number of aromatic nitrogens is 1. The van der Waals surface area contributed by atoms with Gasteiger partial charge in [-0.15, -0.1) is 11.3 Å². The summed E-state index contributed by atoms with van der Waals surface area (Å²) in [6.45, 7) is 4.24. The zero-order chi connectivity index (χ0) is 17.6. The zero-order valence-corrected chi connectivity index (χ0v) is 15.2. The molecule has 0 bridgehead atoms. The summed E-state index contributed by atoms with van der Waals surface area (Å²) in [6.07, 6.45) is -0.108. The number of carbonyl (C=O) groups is 1. The number of anilines is 1. The molecular formula is C18H15ClN2O3S. The van der Waals surface area contributed by atoms with Crippen LogP contribution in [-0.2, 0) is 0 Å². The molecule has 1 atom stereocenters. The van der Waals surface area contributed by atoms with Gasteiger partial charge >= 0.3 is 0 Å². The molecule has 0 fully saturated rings. The van der Waals surface area contributed by atoms with E-state index >= 15 is 0 Å². The summed E-state index contributed by atoms with van der Waals surface area (Å²) >= 11 is 7.48. The number of benzene rings is 1. The van der Waals surface area contributed by atoms with E-state index in [4.69, 9.17) is 20.8 Å². The summed E-state index contributed by atoms with van der Waals surface area (Å²) in [5, 5.41) is 2.99. The van der Waals surface area contributed by atoms with Crippen LogP contribution in [-0.4, -0.2) is 23.5 Å². The molecule has 128 valence electrons. The van der Waals surface area contributed by atoms with Crippen LogP contribution in [0.25, 0.3) is 10.8 Å². The molecule has 1 aliphatic rings. The highest BCUT2D eigenvalue weighted by Gasteiger charge is 2.30. The van der Waals surface area contributed by atoms with Gasteiger partial charge in [0.05, 0.1) is 12.2 Å². The summed E-state index contributed by atoms with van der Waals surface area (Å²) in [7, 11) is 0. The number of amides is 1. The number of rotatable bonds is 2. The van der Waals surface area contributed by atoms with E-state index in [-0.39, 0.29) is 12.0 Å². The van der Waals surface area contributed by atoms with Crippen LogP contribution in [0.15, 0.2) is 40.1 Å². The van der Waals surface area contributed by atoms with Gasteiger partial charge in [-0.2, -0.15) is 0 Å². The average molecular weight is 375 g/mol. The second-order valence-corrected chi connectivity index (χ2v) is 7.20. The van der Waals surface area contributed by atoms with Crippen molar-refractivity contribution in [1.29, 1.82) is 0 Å². The van der Waals surface area contributed by atoms with Crippen molar-refractivity contribution < 1.29 is 13.9 Å². The molecule has 1 aliphatic heterocycles. The molecule has 2 aromatic heterocycles. The van der Waals surface area contributed by atoms with Gasteiger partial charge in [-0.3, -0.25) is 9.69 Å². The largest absolute Gasteiger partial charge is 0.487 e. The highest BCUT2D eigenvalue weighted by atomic mass is 35.5. The minimum Gasteiger partial charge on any atom is -0.487 e. The predicted molar refractivity (Wildman–Crippen MR) is 97.8 cm³/mol. The third-order valence-corrected chi connectivity index (χ3v) is 4.99. The van der Waals surface area contributed by atoms with Gasteiger partial charge in [0, 0.05) is 10.4 Å². The molecule has 0 radical (unpaired) electrons. The lowest BCUT2D eigenvalue weighted by Crippen LogP contribution is -2.42. The molecule has 3 heterocycles. The molecule has 3 aromatic rings. The third kappa shape index (κ3) is 3.03. The van der Waals surface area contributed by atoms with E-state index in [0.29, 0.717) is 39.5 Å². The average Bonchev–Trinajstić information content (AvgIpc) is 3.22. The maximum Gasteiger partial charge on any atom is 0.278 e. The van der Waals surface area contributed by atoms with Crippen LogP contribution in [0.1, 0.15) is 23.2 Å². The van der Waals surface area contributed by atoms with E-state index in [1.807, 2.05) is 26.0 Å². The van der Waals surface area contributed by atoms with Crippen molar-refractivity contribution in [1.82, 2.24) is 4.98 Å². The lowest BCUT2D eigenvalue weighted by molar-refractivity contribution is 0.0957. The van der Waals surface area contributed by atoms with E-state index in [1.54, 1.807) is 28.5 Å². The number of ether oxygens (including phenoxy) is 1. The van der Waals surface area contributed by atoms with Gasteiger partial charge in [-0.1, -0.05) is 11.6 Å². The van der Waals surface area contributed by atoms with Gasteiger partial charge in [0.25, 0.3) is 5.91 Å². The normalized spacial score (nSPS) is 16.4. The number of hydrogen-bond donors (Lipinski definition) is 0. The fourth-order valence-corrected chi connectivity index (χ4v) is 3.70. The molecular weight excluding hydrogens is 360 g/mol. The number of fused-ring (bicyclic) bond motifs is 1. The van der Waals surface area contributed by atoms with Crippen molar-refractivity contribution in [2.45, 2.75) is 20.0 Å². The quantitative estimate of drug-likeness (QED) is 0.647. The van der Waals surface area contributed by atoms with Gasteiger partial charge in [-0.25, -0.2) is 4.98 Å². The number of nitrogens with zero attached hydrogens (tertiary/aromatic N) is 2. The lowest BCUT2D eigenvalue weighted by atomic mass is 10.2. The number of aryl methyl sites for hydroxylation is 1. The SMILES string of the molecule is Cc1ccc(-c2nc(C(=O)N3CC(C)Oc4ccc(Cl)cc43)cs2)o1. The van der Waals surface area contributed by atoms with Crippen LogP contribution in [0.3, 0.4) is 0 Å². The molecule has 4 rings (SSSR count). The van der Waals surface area contributed by atoms with Crippen LogP contribution >= 0.6 is 22.9 Å². The van der Waals surface area contributed by atoms with Crippen LogP contribution < -0.4 is 9.64 Å². The predicted octanol–water partition coefficient (Wildman–Crippen LogP) is 4.79. The first-order chi connectivity index (χ1) is 12.0. The maximum atomic E-state index is 13.0.